The fraction of sp³-hybridized carbons (Fsp3) is 0.722. The van der Waals surface area contributed by atoms with Crippen molar-refractivity contribution < 1.29 is 33.8 Å². The van der Waals surface area contributed by atoms with Crippen LogP contribution in [0.25, 0.3) is 0 Å². The Bertz CT molecular complexity index is 637. The van der Waals surface area contributed by atoms with Gasteiger partial charge in [-0.25, -0.2) is 4.79 Å². The number of hydrogen-bond acceptors (Lipinski definition) is 6. The number of carboxylic acids is 1. The normalized spacial score (nSPS) is 15.8. The number of alkyl carbamates (subject to hydrolysis) is 1. The molecule has 0 aromatic carbocycles. The van der Waals surface area contributed by atoms with Crippen molar-refractivity contribution in [1.29, 1.82) is 0 Å². The lowest BCUT2D eigenvalue weighted by atomic mass is 9.95. The van der Waals surface area contributed by atoms with E-state index in [1.807, 2.05) is 0 Å². The molecule has 11 heteroatoms. The van der Waals surface area contributed by atoms with Gasteiger partial charge in [-0.05, 0) is 40.5 Å². The molecule has 1 unspecified atom stereocenters. The number of carbonyl (C=O) groups excluding carboxylic acids is 4. The third kappa shape index (κ3) is 9.26. The summed E-state index contributed by atoms with van der Waals surface area (Å²) < 4.78 is 5.13. The summed E-state index contributed by atoms with van der Waals surface area (Å²) in [5, 5.41) is 15.6. The van der Waals surface area contributed by atoms with Gasteiger partial charge in [-0.1, -0.05) is 0 Å². The average Bonchev–Trinajstić information content (AvgIpc) is 2.62. The molecule has 0 aromatic heterocycles. The van der Waals surface area contributed by atoms with Gasteiger partial charge in [-0.15, -0.1) is 0 Å². The molecule has 1 aliphatic rings. The zero-order valence-electron chi connectivity index (χ0n) is 17.2. The molecular formula is C18H30N4O7. The van der Waals surface area contributed by atoms with Gasteiger partial charge in [0.15, 0.2) is 0 Å². The van der Waals surface area contributed by atoms with E-state index in [0.717, 1.165) is 0 Å². The predicted octanol–water partition coefficient (Wildman–Crippen LogP) is -0.545. The lowest BCUT2D eigenvalue weighted by molar-refractivity contribution is -0.138. The number of carboxylic acid groups (broad SMARTS) is 1. The second-order valence-corrected chi connectivity index (χ2v) is 7.86. The summed E-state index contributed by atoms with van der Waals surface area (Å²) in [6, 6.07) is -0.756. The van der Waals surface area contributed by atoms with Gasteiger partial charge in [0.2, 0.25) is 17.7 Å². The van der Waals surface area contributed by atoms with Crippen LogP contribution < -0.4 is 16.0 Å². The first-order valence-corrected chi connectivity index (χ1v) is 9.43. The predicted molar refractivity (Wildman–Crippen MR) is 102 cm³/mol. The van der Waals surface area contributed by atoms with Crippen molar-refractivity contribution in [3.8, 4) is 0 Å². The lowest BCUT2D eigenvalue weighted by Gasteiger charge is -2.33. The van der Waals surface area contributed by atoms with E-state index in [0.29, 0.717) is 25.9 Å². The number of likely N-dealkylation sites (tertiary alicyclic amines) is 1. The highest BCUT2D eigenvalue weighted by molar-refractivity contribution is 5.88. The highest BCUT2D eigenvalue weighted by Crippen LogP contribution is 2.18. The minimum atomic E-state index is -1.17. The maximum absolute atomic E-state index is 12.5. The minimum Gasteiger partial charge on any atom is -0.480 e. The van der Waals surface area contributed by atoms with Crippen LogP contribution in [0.2, 0.25) is 0 Å². The third-order valence-electron chi connectivity index (χ3n) is 4.14. The van der Waals surface area contributed by atoms with Crippen LogP contribution in [0.15, 0.2) is 0 Å². The van der Waals surface area contributed by atoms with Crippen LogP contribution >= 0.6 is 0 Å². The number of piperidine rings is 1. The number of ether oxygens (including phenoxy) is 1. The number of carbonyl (C=O) groups is 5. The summed E-state index contributed by atoms with van der Waals surface area (Å²) in [6.45, 7) is 6.64. The maximum atomic E-state index is 12.5. The number of rotatable bonds is 7. The topological polar surface area (TPSA) is 154 Å². The van der Waals surface area contributed by atoms with Crippen molar-refractivity contribution in [2.75, 3.05) is 26.2 Å². The van der Waals surface area contributed by atoms with Gasteiger partial charge in [0.1, 0.15) is 18.2 Å². The van der Waals surface area contributed by atoms with Gasteiger partial charge in [-0.2, -0.15) is 0 Å². The molecule has 0 saturated carbocycles. The van der Waals surface area contributed by atoms with Crippen LogP contribution in [0.5, 0.6) is 0 Å². The van der Waals surface area contributed by atoms with E-state index < -0.39 is 36.2 Å². The lowest BCUT2D eigenvalue weighted by Crippen LogP contribution is -2.51. The summed E-state index contributed by atoms with van der Waals surface area (Å²) in [6.07, 6.45) is 0.176. The average molecular weight is 414 g/mol. The number of amides is 4. The summed E-state index contributed by atoms with van der Waals surface area (Å²) in [7, 11) is 0. The minimum absolute atomic E-state index is 0.261. The molecule has 0 aliphatic carbocycles. The summed E-state index contributed by atoms with van der Waals surface area (Å²) in [5.74, 6) is -2.68. The van der Waals surface area contributed by atoms with Crippen LogP contribution in [-0.4, -0.2) is 77.6 Å². The van der Waals surface area contributed by atoms with Crippen molar-refractivity contribution in [2.45, 2.75) is 52.2 Å². The number of nitrogens with zero attached hydrogens (tertiary/aromatic N) is 1. The first kappa shape index (κ1) is 24.2. The van der Waals surface area contributed by atoms with Gasteiger partial charge in [0.25, 0.3) is 0 Å². The van der Waals surface area contributed by atoms with Gasteiger partial charge in [-0.3, -0.25) is 19.2 Å². The largest absolute Gasteiger partial charge is 0.480 e. The summed E-state index contributed by atoms with van der Waals surface area (Å²) in [5.41, 5.74) is -0.664. The van der Waals surface area contributed by atoms with E-state index in [2.05, 4.69) is 16.0 Å². The van der Waals surface area contributed by atoms with Crippen LogP contribution in [0, 0.1) is 5.92 Å². The third-order valence-corrected chi connectivity index (χ3v) is 4.14. The Morgan fingerprint density at radius 3 is 2.17 bits per heavy atom. The Morgan fingerprint density at radius 2 is 1.66 bits per heavy atom. The first-order valence-electron chi connectivity index (χ1n) is 9.43. The maximum Gasteiger partial charge on any atom is 0.408 e. The van der Waals surface area contributed by atoms with Gasteiger partial charge in [0, 0.05) is 19.0 Å². The van der Waals surface area contributed by atoms with E-state index in [1.165, 1.54) is 0 Å². The SMILES string of the molecule is CC(NC(=O)OC(C)(C)C)C(=O)N1CCC(C(=O)NCC(=O)NCC(=O)O)CC1. The molecule has 0 aromatic rings. The molecule has 1 heterocycles. The zero-order valence-corrected chi connectivity index (χ0v) is 17.2. The number of nitrogens with one attached hydrogen (secondary N) is 3. The van der Waals surface area contributed by atoms with E-state index in [9.17, 15) is 24.0 Å². The Morgan fingerprint density at radius 1 is 1.07 bits per heavy atom. The molecule has 11 nitrogen and oxygen atoms in total. The summed E-state index contributed by atoms with van der Waals surface area (Å²) >= 11 is 0. The van der Waals surface area contributed by atoms with Crippen molar-refractivity contribution in [1.82, 2.24) is 20.9 Å². The molecule has 0 bridgehead atoms. The fourth-order valence-corrected chi connectivity index (χ4v) is 2.73. The quantitative estimate of drug-likeness (QED) is 0.436. The second kappa shape index (κ2) is 10.6. The number of hydrogen-bond donors (Lipinski definition) is 4. The molecule has 1 rings (SSSR count). The van der Waals surface area contributed by atoms with Crippen LogP contribution in [-0.2, 0) is 23.9 Å². The van der Waals surface area contributed by atoms with E-state index in [1.54, 1.807) is 32.6 Å². The summed E-state index contributed by atoms with van der Waals surface area (Å²) in [4.78, 5) is 59.8. The van der Waals surface area contributed by atoms with Crippen LogP contribution in [0.3, 0.4) is 0 Å². The van der Waals surface area contributed by atoms with Crippen molar-refractivity contribution >= 4 is 29.8 Å². The van der Waals surface area contributed by atoms with E-state index in [-0.39, 0.29) is 24.3 Å². The van der Waals surface area contributed by atoms with Crippen LogP contribution in [0.4, 0.5) is 4.79 Å². The zero-order chi connectivity index (χ0) is 22.2. The Balaban J connectivity index is 2.38. The first-order chi connectivity index (χ1) is 13.4. The Labute approximate surface area is 169 Å². The van der Waals surface area contributed by atoms with Crippen molar-refractivity contribution in [2.24, 2.45) is 5.92 Å². The molecule has 1 atom stereocenters. The molecule has 164 valence electrons. The standard InChI is InChI=1S/C18H30N4O7/c1-11(21-17(28)29-18(2,3)4)16(27)22-7-5-12(6-8-22)15(26)20-9-13(23)19-10-14(24)25/h11-12H,5-10H2,1-4H3,(H,19,23)(H,20,26)(H,21,28)(H,24,25). The molecule has 1 saturated heterocycles. The van der Waals surface area contributed by atoms with Crippen molar-refractivity contribution in [3.05, 3.63) is 0 Å². The fourth-order valence-electron chi connectivity index (χ4n) is 2.73. The second-order valence-electron chi connectivity index (χ2n) is 7.86. The highest BCUT2D eigenvalue weighted by Gasteiger charge is 2.30. The molecular weight excluding hydrogens is 384 g/mol. The Kier molecular flexibility index (Phi) is 8.86. The Hall–Kier alpha value is -2.85. The molecule has 1 fully saturated rings. The van der Waals surface area contributed by atoms with Gasteiger partial charge in [0.05, 0.1) is 6.54 Å². The van der Waals surface area contributed by atoms with Crippen LogP contribution in [0.1, 0.15) is 40.5 Å². The smallest absolute Gasteiger partial charge is 0.408 e. The molecule has 29 heavy (non-hydrogen) atoms. The van der Waals surface area contributed by atoms with Gasteiger partial charge < -0.3 is 30.7 Å². The van der Waals surface area contributed by atoms with E-state index >= 15 is 0 Å². The molecule has 4 amide bonds. The molecule has 4 N–H and O–H groups in total. The van der Waals surface area contributed by atoms with E-state index in [4.69, 9.17) is 9.84 Å². The number of aliphatic carboxylic acids is 1. The van der Waals surface area contributed by atoms with Gasteiger partial charge >= 0.3 is 12.1 Å². The monoisotopic (exact) mass is 414 g/mol. The highest BCUT2D eigenvalue weighted by atomic mass is 16.6. The molecule has 0 radical (unpaired) electrons. The molecule has 0 spiro atoms. The van der Waals surface area contributed by atoms with Crippen molar-refractivity contribution in [3.63, 3.8) is 0 Å². The molecule has 1 aliphatic heterocycles.